The zero-order valence-electron chi connectivity index (χ0n) is 17.6. The van der Waals surface area contributed by atoms with Crippen molar-refractivity contribution in [1.82, 2.24) is 25.9 Å². The number of carbonyl (C=O) groups excluding carboxylic acids is 3. The minimum Gasteiger partial charge on any atom is -0.480 e. The Morgan fingerprint density at radius 3 is 2.35 bits per heavy atom. The summed E-state index contributed by atoms with van der Waals surface area (Å²) in [5, 5.41) is 16.6. The lowest BCUT2D eigenvalue weighted by molar-refractivity contribution is -0.141. The van der Waals surface area contributed by atoms with Crippen LogP contribution < -0.4 is 21.7 Å². The summed E-state index contributed by atoms with van der Waals surface area (Å²) in [6.07, 6.45) is 7.56. The molecule has 0 fully saturated rings. The Labute approximate surface area is 189 Å². The molecule has 0 aromatic carbocycles. The van der Waals surface area contributed by atoms with Gasteiger partial charge in [0.2, 0.25) is 17.7 Å². The maximum atomic E-state index is 12.6. The molecule has 0 bridgehead atoms. The highest BCUT2D eigenvalue weighted by Crippen LogP contribution is 2.03. The van der Waals surface area contributed by atoms with Crippen molar-refractivity contribution in [3.05, 3.63) is 18.2 Å². The number of nitrogens with zero attached hydrogens (tertiary/aromatic N) is 1. The lowest BCUT2D eigenvalue weighted by atomic mass is 10.1. The van der Waals surface area contributed by atoms with E-state index in [9.17, 15) is 24.3 Å². The number of imidazole rings is 1. The Kier molecular flexibility index (Phi) is 12.7. The molecule has 0 saturated carbocycles. The van der Waals surface area contributed by atoms with Gasteiger partial charge in [0.15, 0.2) is 0 Å². The predicted octanol–water partition coefficient (Wildman–Crippen LogP) is -1.04. The van der Waals surface area contributed by atoms with Gasteiger partial charge in [-0.1, -0.05) is 0 Å². The smallest absolute Gasteiger partial charge is 0.326 e. The molecule has 0 saturated heterocycles. The third-order valence-electron chi connectivity index (χ3n) is 4.25. The first-order valence-corrected chi connectivity index (χ1v) is 12.4. The standard InChI is InChI=1S/C18H30N6O5S2/c1-30-5-3-12(19)16(26)24-14(7-11-8-20-10-22-11)17(27)21-9-15(25)23-13(18(28)29)4-6-31-2/h8,10,12-14H,3-7,9,19H2,1-2H3,(H,20,22)(H,21,27)(H,23,25)(H,24,26)(H,28,29). The van der Waals surface area contributed by atoms with Crippen molar-refractivity contribution in [3.63, 3.8) is 0 Å². The van der Waals surface area contributed by atoms with E-state index in [4.69, 9.17) is 5.73 Å². The molecule has 1 heterocycles. The molecule has 1 rings (SSSR count). The van der Waals surface area contributed by atoms with Crippen LogP contribution in [0.4, 0.5) is 0 Å². The third-order valence-corrected chi connectivity index (χ3v) is 5.54. The van der Waals surface area contributed by atoms with Gasteiger partial charge >= 0.3 is 5.97 Å². The van der Waals surface area contributed by atoms with Crippen LogP contribution in [-0.4, -0.2) is 87.5 Å². The number of carboxylic acid groups (broad SMARTS) is 1. The summed E-state index contributed by atoms with van der Waals surface area (Å²) in [7, 11) is 0. The van der Waals surface area contributed by atoms with Gasteiger partial charge in [-0.15, -0.1) is 0 Å². The van der Waals surface area contributed by atoms with Crippen molar-refractivity contribution in [3.8, 4) is 0 Å². The van der Waals surface area contributed by atoms with Crippen molar-refractivity contribution in [2.24, 2.45) is 5.73 Å². The zero-order chi connectivity index (χ0) is 23.2. The minimum absolute atomic E-state index is 0.125. The lowest BCUT2D eigenvalue weighted by Gasteiger charge is -2.20. The van der Waals surface area contributed by atoms with Gasteiger partial charge < -0.3 is 31.8 Å². The maximum Gasteiger partial charge on any atom is 0.326 e. The van der Waals surface area contributed by atoms with Crippen LogP contribution in [-0.2, 0) is 25.6 Å². The fourth-order valence-electron chi connectivity index (χ4n) is 2.51. The van der Waals surface area contributed by atoms with Gasteiger partial charge in [0.1, 0.15) is 12.1 Å². The Hall–Kier alpha value is -2.25. The number of thioether (sulfide) groups is 2. The minimum atomic E-state index is -1.14. The molecule has 0 aliphatic rings. The normalized spacial score (nSPS) is 13.6. The average Bonchev–Trinajstić information content (AvgIpc) is 3.25. The summed E-state index contributed by atoms with van der Waals surface area (Å²) < 4.78 is 0. The summed E-state index contributed by atoms with van der Waals surface area (Å²) in [4.78, 5) is 55.1. The number of carboxylic acids is 1. The molecule has 0 radical (unpaired) electrons. The zero-order valence-corrected chi connectivity index (χ0v) is 19.2. The summed E-state index contributed by atoms with van der Waals surface area (Å²) in [5.41, 5.74) is 6.49. The number of aromatic amines is 1. The van der Waals surface area contributed by atoms with Gasteiger partial charge in [-0.25, -0.2) is 9.78 Å². The van der Waals surface area contributed by atoms with Crippen LogP contribution in [0, 0.1) is 0 Å². The molecule has 11 nitrogen and oxygen atoms in total. The summed E-state index contributed by atoms with van der Waals surface area (Å²) in [6.45, 7) is -0.421. The number of nitrogens with two attached hydrogens (primary N) is 1. The Bertz CT molecular complexity index is 718. The van der Waals surface area contributed by atoms with Crippen molar-refractivity contribution in [2.75, 3.05) is 30.6 Å². The number of aliphatic carboxylic acids is 1. The fourth-order valence-corrected chi connectivity index (χ4v) is 3.47. The molecule has 0 spiro atoms. The molecule has 31 heavy (non-hydrogen) atoms. The molecule has 1 aromatic rings. The highest BCUT2D eigenvalue weighted by Gasteiger charge is 2.25. The van der Waals surface area contributed by atoms with E-state index in [1.165, 1.54) is 24.3 Å². The first kappa shape index (κ1) is 26.8. The summed E-state index contributed by atoms with van der Waals surface area (Å²) >= 11 is 3.03. The number of hydrogen-bond acceptors (Lipinski definition) is 8. The Morgan fingerprint density at radius 2 is 1.77 bits per heavy atom. The molecule has 13 heteroatoms. The van der Waals surface area contributed by atoms with E-state index in [0.29, 0.717) is 23.6 Å². The SMILES string of the molecule is CSCCC(N)C(=O)NC(Cc1cnc[nH]1)C(=O)NCC(=O)NC(CCSC)C(=O)O. The number of rotatable bonds is 15. The monoisotopic (exact) mass is 474 g/mol. The lowest BCUT2D eigenvalue weighted by Crippen LogP contribution is -2.54. The molecule has 0 aliphatic carbocycles. The second kappa shape index (κ2) is 14.7. The number of carbonyl (C=O) groups is 4. The van der Waals surface area contributed by atoms with Crippen molar-refractivity contribution in [1.29, 1.82) is 0 Å². The van der Waals surface area contributed by atoms with Crippen LogP contribution in [0.15, 0.2) is 12.5 Å². The molecule has 174 valence electrons. The Morgan fingerprint density at radius 1 is 1.10 bits per heavy atom. The summed E-state index contributed by atoms with van der Waals surface area (Å²) in [6, 6.07) is -2.78. The van der Waals surface area contributed by atoms with E-state index in [0.717, 1.165) is 0 Å². The fraction of sp³-hybridized carbons (Fsp3) is 0.611. The van der Waals surface area contributed by atoms with Gasteiger partial charge in [0, 0.05) is 18.3 Å². The van der Waals surface area contributed by atoms with Crippen LogP contribution in [0.25, 0.3) is 0 Å². The van der Waals surface area contributed by atoms with Gasteiger partial charge in [-0.2, -0.15) is 23.5 Å². The summed E-state index contributed by atoms with van der Waals surface area (Å²) in [5.74, 6) is -1.57. The van der Waals surface area contributed by atoms with Gasteiger partial charge in [-0.05, 0) is 36.9 Å². The molecular weight excluding hydrogens is 444 g/mol. The molecule has 3 unspecified atom stereocenters. The molecule has 7 N–H and O–H groups in total. The second-order valence-corrected chi connectivity index (χ2v) is 8.66. The predicted molar refractivity (Wildman–Crippen MR) is 121 cm³/mol. The van der Waals surface area contributed by atoms with Crippen LogP contribution >= 0.6 is 23.5 Å². The Balaban J connectivity index is 2.68. The van der Waals surface area contributed by atoms with Crippen molar-refractivity contribution in [2.45, 2.75) is 37.4 Å². The number of hydrogen-bond donors (Lipinski definition) is 6. The molecule has 3 amide bonds. The average molecular weight is 475 g/mol. The molecule has 3 atom stereocenters. The number of aromatic nitrogens is 2. The van der Waals surface area contributed by atoms with E-state index >= 15 is 0 Å². The van der Waals surface area contributed by atoms with E-state index in [2.05, 4.69) is 25.9 Å². The topological polar surface area (TPSA) is 179 Å². The highest BCUT2D eigenvalue weighted by molar-refractivity contribution is 7.98. The van der Waals surface area contributed by atoms with Crippen LogP contribution in [0.2, 0.25) is 0 Å². The van der Waals surface area contributed by atoms with Gasteiger partial charge in [0.05, 0.1) is 18.9 Å². The van der Waals surface area contributed by atoms with Gasteiger partial charge in [0.25, 0.3) is 0 Å². The first-order valence-electron chi connectivity index (χ1n) is 9.59. The molecule has 0 aliphatic heterocycles. The van der Waals surface area contributed by atoms with E-state index < -0.39 is 48.4 Å². The van der Waals surface area contributed by atoms with Crippen molar-refractivity contribution >= 4 is 47.2 Å². The largest absolute Gasteiger partial charge is 0.480 e. The number of H-pyrrole nitrogens is 1. The number of nitrogens with one attached hydrogen (secondary N) is 4. The maximum absolute atomic E-state index is 12.6. The first-order chi connectivity index (χ1) is 14.8. The van der Waals surface area contributed by atoms with E-state index in [-0.39, 0.29) is 12.8 Å². The quantitative estimate of drug-likeness (QED) is 0.185. The third kappa shape index (κ3) is 10.6. The van der Waals surface area contributed by atoms with Crippen LogP contribution in [0.1, 0.15) is 18.5 Å². The number of amides is 3. The van der Waals surface area contributed by atoms with E-state index in [1.807, 2.05) is 12.5 Å². The van der Waals surface area contributed by atoms with Gasteiger partial charge in [-0.3, -0.25) is 14.4 Å². The molecule has 1 aromatic heterocycles. The van der Waals surface area contributed by atoms with Crippen LogP contribution in [0.5, 0.6) is 0 Å². The highest BCUT2D eigenvalue weighted by atomic mass is 32.2. The second-order valence-electron chi connectivity index (χ2n) is 6.69. The van der Waals surface area contributed by atoms with Crippen molar-refractivity contribution < 1.29 is 24.3 Å². The molecular formula is C18H30N6O5S2. The van der Waals surface area contributed by atoms with Crippen LogP contribution in [0.3, 0.4) is 0 Å². The van der Waals surface area contributed by atoms with E-state index in [1.54, 1.807) is 11.8 Å².